The van der Waals surface area contributed by atoms with Crippen molar-refractivity contribution in [1.29, 1.82) is 0 Å². The van der Waals surface area contributed by atoms with Gasteiger partial charge in [0.1, 0.15) is 5.75 Å². The smallest absolute Gasteiger partial charge is 0.437 e. The monoisotopic (exact) mass is 341 g/mol. The fraction of sp³-hybridized carbons (Fsp3) is 0.467. The van der Waals surface area contributed by atoms with Gasteiger partial charge in [0.2, 0.25) is 0 Å². The third-order valence-electron chi connectivity index (χ3n) is 3.14. The Morgan fingerprint density at radius 2 is 1.59 bits per heavy atom. The third kappa shape index (κ3) is 5.14. The van der Waals surface area contributed by atoms with Crippen molar-refractivity contribution >= 4 is 35.6 Å². The Labute approximate surface area is 138 Å². The topological polar surface area (TPSA) is 55.8 Å². The van der Waals surface area contributed by atoms with Gasteiger partial charge in [0, 0.05) is 41.7 Å². The molecule has 0 aromatic heterocycles. The predicted octanol–water partition coefficient (Wildman–Crippen LogP) is 2.75. The number of benzene rings is 1. The molecule has 2 rings (SSSR count). The van der Waals surface area contributed by atoms with Crippen molar-refractivity contribution in [2.45, 2.75) is 0 Å². The van der Waals surface area contributed by atoms with Crippen LogP contribution in [0.15, 0.2) is 24.3 Å². The number of carbonyl (C=O) groups is 2. The molecule has 7 heteroatoms. The number of rotatable bonds is 2. The Morgan fingerprint density at radius 1 is 1.00 bits per heavy atom. The van der Waals surface area contributed by atoms with Crippen LogP contribution in [0, 0.1) is 0 Å². The van der Waals surface area contributed by atoms with E-state index in [0.717, 1.165) is 36.1 Å². The lowest BCUT2D eigenvalue weighted by Gasteiger charge is -2.21. The van der Waals surface area contributed by atoms with Crippen LogP contribution in [0.25, 0.3) is 0 Å². The van der Waals surface area contributed by atoms with Crippen molar-refractivity contribution in [3.63, 3.8) is 0 Å². The van der Waals surface area contributed by atoms with E-state index in [1.165, 1.54) is 7.11 Å². The first-order valence-corrected chi connectivity index (χ1v) is 9.32. The van der Waals surface area contributed by atoms with Crippen molar-refractivity contribution < 1.29 is 19.1 Å². The second-order valence-corrected chi connectivity index (χ2v) is 7.05. The summed E-state index contributed by atoms with van der Waals surface area (Å²) in [5.74, 6) is 4.61. The number of ether oxygens (including phenoxy) is 2. The molecule has 0 unspecified atom stereocenters. The molecule has 0 N–H and O–H groups in total. The van der Waals surface area contributed by atoms with Crippen molar-refractivity contribution in [2.75, 3.05) is 43.2 Å². The number of amides is 1. The van der Waals surface area contributed by atoms with Gasteiger partial charge in [0.25, 0.3) is 5.91 Å². The summed E-state index contributed by atoms with van der Waals surface area (Å²) in [6.07, 6.45) is -0.770. The number of hydrogen-bond acceptors (Lipinski definition) is 6. The van der Waals surface area contributed by atoms with E-state index in [-0.39, 0.29) is 5.91 Å². The summed E-state index contributed by atoms with van der Waals surface area (Å²) < 4.78 is 9.33. The van der Waals surface area contributed by atoms with E-state index >= 15 is 0 Å². The molecule has 120 valence electrons. The van der Waals surface area contributed by atoms with E-state index in [1.54, 1.807) is 24.3 Å². The molecule has 0 aliphatic carbocycles. The van der Waals surface area contributed by atoms with Crippen molar-refractivity contribution in [1.82, 2.24) is 4.90 Å². The first kappa shape index (κ1) is 17.0. The SMILES string of the molecule is COC(=O)Oc1ccc(C(=O)N2CCSCCSCC2)cc1. The number of nitrogens with zero attached hydrogens (tertiary/aromatic N) is 1. The fourth-order valence-electron chi connectivity index (χ4n) is 1.97. The zero-order valence-corrected chi connectivity index (χ0v) is 14.1. The lowest BCUT2D eigenvalue weighted by atomic mass is 10.2. The zero-order valence-electron chi connectivity index (χ0n) is 12.4. The molecule has 1 heterocycles. The number of hydrogen-bond donors (Lipinski definition) is 0. The number of thioether (sulfide) groups is 2. The van der Waals surface area contributed by atoms with E-state index in [2.05, 4.69) is 4.74 Å². The van der Waals surface area contributed by atoms with Crippen LogP contribution in [0.5, 0.6) is 5.75 Å². The van der Waals surface area contributed by atoms with Gasteiger partial charge in [-0.15, -0.1) is 0 Å². The standard InChI is InChI=1S/C15H19NO4S2/c1-19-15(18)20-13-4-2-12(3-5-13)14(17)16-6-8-21-10-11-22-9-7-16/h2-5H,6-11H2,1H3. The van der Waals surface area contributed by atoms with Crippen LogP contribution < -0.4 is 4.74 Å². The van der Waals surface area contributed by atoms with Gasteiger partial charge in [-0.25, -0.2) is 4.79 Å². The molecule has 1 aromatic rings. The molecule has 1 fully saturated rings. The lowest BCUT2D eigenvalue weighted by Crippen LogP contribution is -2.34. The molecule has 22 heavy (non-hydrogen) atoms. The summed E-state index contributed by atoms with van der Waals surface area (Å²) in [4.78, 5) is 25.5. The van der Waals surface area contributed by atoms with E-state index < -0.39 is 6.16 Å². The molecule has 0 spiro atoms. The molecule has 1 aliphatic heterocycles. The Bertz CT molecular complexity index is 497. The minimum Gasteiger partial charge on any atom is -0.437 e. The second kappa shape index (κ2) is 8.95. The summed E-state index contributed by atoms with van der Waals surface area (Å²) in [6.45, 7) is 1.54. The molecule has 0 radical (unpaired) electrons. The van der Waals surface area contributed by atoms with Gasteiger partial charge in [-0.3, -0.25) is 4.79 Å². The Morgan fingerprint density at radius 3 is 2.14 bits per heavy atom. The quantitative estimate of drug-likeness (QED) is 0.609. The van der Waals surface area contributed by atoms with Gasteiger partial charge in [0.05, 0.1) is 7.11 Å². The lowest BCUT2D eigenvalue weighted by molar-refractivity contribution is 0.0776. The molecule has 0 saturated carbocycles. The van der Waals surface area contributed by atoms with Gasteiger partial charge in [0.15, 0.2) is 0 Å². The number of carbonyl (C=O) groups excluding carboxylic acids is 2. The van der Waals surface area contributed by atoms with E-state index in [1.807, 2.05) is 28.4 Å². The van der Waals surface area contributed by atoms with E-state index in [4.69, 9.17) is 4.74 Å². The van der Waals surface area contributed by atoms with Gasteiger partial charge in [-0.1, -0.05) is 0 Å². The molecule has 1 aliphatic rings. The average Bonchev–Trinajstić information content (AvgIpc) is 2.68. The molecule has 5 nitrogen and oxygen atoms in total. The highest BCUT2D eigenvalue weighted by Gasteiger charge is 2.16. The van der Waals surface area contributed by atoms with Crippen LogP contribution in [0.4, 0.5) is 4.79 Å². The molecule has 1 saturated heterocycles. The first-order valence-electron chi connectivity index (χ1n) is 7.01. The average molecular weight is 341 g/mol. The highest BCUT2D eigenvalue weighted by atomic mass is 32.2. The fourth-order valence-corrected chi connectivity index (χ4v) is 4.02. The second-order valence-electron chi connectivity index (χ2n) is 4.60. The molecule has 0 atom stereocenters. The normalized spacial score (nSPS) is 16.1. The summed E-state index contributed by atoms with van der Waals surface area (Å²) >= 11 is 3.77. The summed E-state index contributed by atoms with van der Waals surface area (Å²) in [7, 11) is 1.25. The maximum atomic E-state index is 12.5. The predicted molar refractivity (Wildman–Crippen MR) is 90.0 cm³/mol. The number of methoxy groups -OCH3 is 1. The van der Waals surface area contributed by atoms with Crippen LogP contribution in [0.3, 0.4) is 0 Å². The molecule has 1 aromatic carbocycles. The largest absolute Gasteiger partial charge is 0.513 e. The Kier molecular flexibility index (Phi) is 6.92. The minimum absolute atomic E-state index is 0.0210. The van der Waals surface area contributed by atoms with E-state index in [0.29, 0.717) is 11.3 Å². The van der Waals surface area contributed by atoms with Gasteiger partial charge in [-0.05, 0) is 24.3 Å². The summed E-state index contributed by atoms with van der Waals surface area (Å²) in [5, 5.41) is 0. The minimum atomic E-state index is -0.770. The molecule has 0 bridgehead atoms. The summed E-state index contributed by atoms with van der Waals surface area (Å²) in [5.41, 5.74) is 0.603. The van der Waals surface area contributed by atoms with Gasteiger partial charge < -0.3 is 14.4 Å². The maximum Gasteiger partial charge on any atom is 0.513 e. The van der Waals surface area contributed by atoms with Crippen LogP contribution >= 0.6 is 23.5 Å². The molecule has 1 amide bonds. The first-order chi connectivity index (χ1) is 10.7. The maximum absolute atomic E-state index is 12.5. The molecular weight excluding hydrogens is 322 g/mol. The van der Waals surface area contributed by atoms with Crippen LogP contribution in [0.2, 0.25) is 0 Å². The highest BCUT2D eigenvalue weighted by Crippen LogP contribution is 2.16. The van der Waals surface area contributed by atoms with Crippen molar-refractivity contribution in [3.05, 3.63) is 29.8 Å². The summed E-state index contributed by atoms with van der Waals surface area (Å²) in [6, 6.07) is 6.55. The Balaban J connectivity index is 1.99. The van der Waals surface area contributed by atoms with Gasteiger partial charge in [-0.2, -0.15) is 23.5 Å². The highest BCUT2D eigenvalue weighted by molar-refractivity contribution is 8.02. The van der Waals surface area contributed by atoms with Crippen LogP contribution in [-0.4, -0.2) is 60.2 Å². The van der Waals surface area contributed by atoms with Crippen molar-refractivity contribution in [2.24, 2.45) is 0 Å². The van der Waals surface area contributed by atoms with Crippen molar-refractivity contribution in [3.8, 4) is 5.75 Å². The van der Waals surface area contributed by atoms with Crippen LogP contribution in [0.1, 0.15) is 10.4 Å². The third-order valence-corrected chi connectivity index (χ3v) is 5.33. The van der Waals surface area contributed by atoms with Gasteiger partial charge >= 0.3 is 6.16 Å². The molecular formula is C15H19NO4S2. The van der Waals surface area contributed by atoms with Crippen LogP contribution in [-0.2, 0) is 4.74 Å². The zero-order chi connectivity index (χ0) is 15.8. The van der Waals surface area contributed by atoms with E-state index in [9.17, 15) is 9.59 Å². The Hall–Kier alpha value is -1.34.